The van der Waals surface area contributed by atoms with Gasteiger partial charge in [0.2, 0.25) is 0 Å². The molecule has 0 atom stereocenters. The van der Waals surface area contributed by atoms with Crippen LogP contribution in [0, 0.1) is 0 Å². The SMILES string of the molecule is COc1ncc(C(N)=O)c(Nc2cc(Br)cc(-n3nccn3)c2)n1. The van der Waals surface area contributed by atoms with Gasteiger partial charge in [-0.05, 0) is 18.2 Å². The molecule has 2 aromatic heterocycles. The number of aromatic nitrogens is 5. The zero-order valence-corrected chi connectivity index (χ0v) is 14.1. The highest BCUT2D eigenvalue weighted by Crippen LogP contribution is 2.25. The number of methoxy groups -OCH3 is 1. The van der Waals surface area contributed by atoms with Gasteiger partial charge in [-0.2, -0.15) is 20.0 Å². The zero-order valence-electron chi connectivity index (χ0n) is 12.5. The molecule has 0 aliphatic rings. The Morgan fingerprint density at radius 2 is 2.04 bits per heavy atom. The molecule has 24 heavy (non-hydrogen) atoms. The second kappa shape index (κ2) is 6.62. The van der Waals surface area contributed by atoms with E-state index in [0.29, 0.717) is 5.69 Å². The van der Waals surface area contributed by atoms with Crippen LogP contribution in [0.5, 0.6) is 6.01 Å². The second-order valence-corrected chi connectivity index (χ2v) is 5.54. The van der Waals surface area contributed by atoms with E-state index in [4.69, 9.17) is 10.5 Å². The van der Waals surface area contributed by atoms with Gasteiger partial charge in [0.15, 0.2) is 5.82 Å². The molecule has 1 aromatic carbocycles. The van der Waals surface area contributed by atoms with Crippen LogP contribution in [0.15, 0.2) is 41.3 Å². The Bertz CT molecular complexity index is 883. The lowest BCUT2D eigenvalue weighted by molar-refractivity contribution is 0.100. The summed E-state index contributed by atoms with van der Waals surface area (Å²) in [5.41, 5.74) is 6.88. The van der Waals surface area contributed by atoms with Gasteiger partial charge in [0.05, 0.1) is 25.2 Å². The molecule has 0 radical (unpaired) electrons. The van der Waals surface area contributed by atoms with Crippen molar-refractivity contribution in [2.75, 3.05) is 12.4 Å². The summed E-state index contributed by atoms with van der Waals surface area (Å²) in [6, 6.07) is 5.57. The number of anilines is 2. The number of nitrogens with two attached hydrogens (primary N) is 1. The molecule has 3 N–H and O–H groups in total. The molecule has 10 heteroatoms. The molecule has 122 valence electrons. The first-order valence-electron chi connectivity index (χ1n) is 6.72. The lowest BCUT2D eigenvalue weighted by Crippen LogP contribution is -2.15. The van der Waals surface area contributed by atoms with Crippen LogP contribution in [0.1, 0.15) is 10.4 Å². The van der Waals surface area contributed by atoms with Gasteiger partial charge in [-0.15, -0.1) is 0 Å². The fourth-order valence-corrected chi connectivity index (χ4v) is 2.47. The minimum atomic E-state index is -0.649. The van der Waals surface area contributed by atoms with Crippen molar-refractivity contribution < 1.29 is 9.53 Å². The van der Waals surface area contributed by atoms with Crippen molar-refractivity contribution in [3.05, 3.63) is 46.8 Å². The number of benzene rings is 1. The fraction of sp³-hybridized carbons (Fsp3) is 0.0714. The summed E-state index contributed by atoms with van der Waals surface area (Å²) in [5, 5.41) is 11.2. The Balaban J connectivity index is 2.01. The highest BCUT2D eigenvalue weighted by atomic mass is 79.9. The monoisotopic (exact) mass is 389 g/mol. The van der Waals surface area contributed by atoms with Crippen molar-refractivity contribution in [3.63, 3.8) is 0 Å². The van der Waals surface area contributed by atoms with E-state index in [-0.39, 0.29) is 17.4 Å². The predicted molar refractivity (Wildman–Crippen MR) is 89.4 cm³/mol. The highest BCUT2D eigenvalue weighted by molar-refractivity contribution is 9.10. The third-order valence-electron chi connectivity index (χ3n) is 3.01. The zero-order chi connectivity index (χ0) is 17.1. The summed E-state index contributed by atoms with van der Waals surface area (Å²) in [6.45, 7) is 0. The average molecular weight is 390 g/mol. The molecule has 0 spiro atoms. The van der Waals surface area contributed by atoms with E-state index in [1.165, 1.54) is 18.1 Å². The predicted octanol–water partition coefficient (Wildman–Crippen LogP) is 1.67. The van der Waals surface area contributed by atoms with Crippen molar-refractivity contribution in [1.82, 2.24) is 25.0 Å². The Hall–Kier alpha value is -3.01. The maximum atomic E-state index is 11.6. The molecule has 0 bridgehead atoms. The molecule has 0 saturated carbocycles. The molecule has 0 saturated heterocycles. The van der Waals surface area contributed by atoms with Gasteiger partial charge in [-0.3, -0.25) is 4.79 Å². The maximum absolute atomic E-state index is 11.6. The Morgan fingerprint density at radius 1 is 1.29 bits per heavy atom. The minimum absolute atomic E-state index is 0.117. The van der Waals surface area contributed by atoms with E-state index >= 15 is 0 Å². The molecule has 2 heterocycles. The first-order chi connectivity index (χ1) is 11.6. The van der Waals surface area contributed by atoms with Crippen LogP contribution in [0.4, 0.5) is 11.5 Å². The summed E-state index contributed by atoms with van der Waals surface area (Å²) in [4.78, 5) is 21.0. The molecule has 0 aliphatic heterocycles. The van der Waals surface area contributed by atoms with Crippen molar-refractivity contribution >= 4 is 33.3 Å². The molecule has 0 unspecified atom stereocenters. The smallest absolute Gasteiger partial charge is 0.318 e. The second-order valence-electron chi connectivity index (χ2n) is 4.62. The topological polar surface area (TPSA) is 121 Å². The summed E-state index contributed by atoms with van der Waals surface area (Å²) in [5.74, 6) is -0.407. The lowest BCUT2D eigenvalue weighted by atomic mass is 10.2. The number of ether oxygens (including phenoxy) is 1. The van der Waals surface area contributed by atoms with E-state index < -0.39 is 5.91 Å². The number of nitrogens with zero attached hydrogens (tertiary/aromatic N) is 5. The van der Waals surface area contributed by atoms with E-state index in [2.05, 4.69) is 41.4 Å². The minimum Gasteiger partial charge on any atom is -0.467 e. The standard InChI is InChI=1S/C14H12BrN7O2/c1-24-14-17-7-11(12(16)23)13(21-14)20-9-4-8(15)5-10(6-9)22-18-2-3-19-22/h2-7H,1H3,(H2,16,23)(H,17,20,21). The van der Waals surface area contributed by atoms with Crippen molar-refractivity contribution in [3.8, 4) is 11.7 Å². The van der Waals surface area contributed by atoms with E-state index in [0.717, 1.165) is 10.2 Å². The third kappa shape index (κ3) is 3.33. The van der Waals surface area contributed by atoms with Crippen LogP contribution >= 0.6 is 15.9 Å². The number of hydrogen-bond donors (Lipinski definition) is 2. The summed E-state index contributed by atoms with van der Waals surface area (Å²) in [7, 11) is 1.43. The van der Waals surface area contributed by atoms with Gasteiger partial charge in [0, 0.05) is 16.4 Å². The van der Waals surface area contributed by atoms with E-state index in [1.807, 2.05) is 12.1 Å². The normalized spacial score (nSPS) is 10.4. The van der Waals surface area contributed by atoms with Crippen LogP contribution in [-0.2, 0) is 0 Å². The first-order valence-corrected chi connectivity index (χ1v) is 7.51. The molecule has 3 rings (SSSR count). The fourth-order valence-electron chi connectivity index (χ4n) is 1.99. The molecule has 0 aliphatic carbocycles. The molecular formula is C14H12BrN7O2. The number of carbonyl (C=O) groups is 1. The number of rotatable bonds is 5. The highest BCUT2D eigenvalue weighted by Gasteiger charge is 2.13. The number of primary amides is 1. The quantitative estimate of drug-likeness (QED) is 0.680. The van der Waals surface area contributed by atoms with Gasteiger partial charge in [-0.1, -0.05) is 15.9 Å². The van der Waals surface area contributed by atoms with Gasteiger partial charge in [-0.25, -0.2) is 4.98 Å². The summed E-state index contributed by atoms with van der Waals surface area (Å²) in [6.07, 6.45) is 4.47. The maximum Gasteiger partial charge on any atom is 0.318 e. The van der Waals surface area contributed by atoms with Crippen molar-refractivity contribution in [2.45, 2.75) is 0 Å². The summed E-state index contributed by atoms with van der Waals surface area (Å²) < 4.78 is 5.78. The molecule has 3 aromatic rings. The van der Waals surface area contributed by atoms with Crippen LogP contribution in [0.25, 0.3) is 5.69 Å². The molecule has 1 amide bonds. The van der Waals surface area contributed by atoms with Gasteiger partial charge < -0.3 is 15.8 Å². The van der Waals surface area contributed by atoms with Crippen LogP contribution < -0.4 is 15.8 Å². The van der Waals surface area contributed by atoms with Gasteiger partial charge in [0.1, 0.15) is 5.56 Å². The van der Waals surface area contributed by atoms with Crippen LogP contribution in [0.2, 0.25) is 0 Å². The number of hydrogen-bond acceptors (Lipinski definition) is 7. The average Bonchev–Trinajstić information content (AvgIpc) is 3.08. The molecular weight excluding hydrogens is 378 g/mol. The Labute approximate surface area is 145 Å². The number of carbonyl (C=O) groups excluding carboxylic acids is 1. The Kier molecular flexibility index (Phi) is 4.38. The summed E-state index contributed by atoms with van der Waals surface area (Å²) >= 11 is 3.43. The van der Waals surface area contributed by atoms with Crippen molar-refractivity contribution in [1.29, 1.82) is 0 Å². The Morgan fingerprint density at radius 3 is 2.71 bits per heavy atom. The molecule has 0 fully saturated rings. The number of nitrogens with one attached hydrogen (secondary N) is 1. The molecule has 9 nitrogen and oxygen atoms in total. The van der Waals surface area contributed by atoms with Crippen LogP contribution in [0.3, 0.4) is 0 Å². The van der Waals surface area contributed by atoms with E-state index in [9.17, 15) is 4.79 Å². The van der Waals surface area contributed by atoms with Crippen LogP contribution in [-0.4, -0.2) is 38.0 Å². The van der Waals surface area contributed by atoms with Gasteiger partial charge in [0.25, 0.3) is 5.91 Å². The largest absolute Gasteiger partial charge is 0.467 e. The number of amides is 1. The van der Waals surface area contributed by atoms with E-state index in [1.54, 1.807) is 18.5 Å². The third-order valence-corrected chi connectivity index (χ3v) is 3.47. The first kappa shape index (κ1) is 15.9. The number of halogens is 1. The lowest BCUT2D eigenvalue weighted by Gasteiger charge is -2.11. The van der Waals surface area contributed by atoms with Crippen molar-refractivity contribution in [2.24, 2.45) is 5.73 Å². The van der Waals surface area contributed by atoms with Gasteiger partial charge >= 0.3 is 6.01 Å².